The number of carbonyl (C=O) groups is 1. The van der Waals surface area contributed by atoms with Crippen molar-refractivity contribution in [3.05, 3.63) is 29.3 Å². The highest BCUT2D eigenvalue weighted by Gasteiger charge is 2.49. The summed E-state index contributed by atoms with van der Waals surface area (Å²) in [5.74, 6) is 0.241. The fourth-order valence-corrected chi connectivity index (χ4v) is 4.78. The number of amides is 1. The first-order valence-electron chi connectivity index (χ1n) is 8.86. The second-order valence-electron chi connectivity index (χ2n) is 7.41. The fourth-order valence-electron chi connectivity index (χ4n) is 4.78. The molecule has 22 heavy (non-hydrogen) atoms. The molecule has 1 amide bonds. The molecule has 1 spiro atoms. The van der Waals surface area contributed by atoms with Crippen molar-refractivity contribution in [3.8, 4) is 0 Å². The zero-order valence-corrected chi connectivity index (χ0v) is 13.5. The minimum atomic E-state index is -0.241. The highest BCUT2D eigenvalue weighted by Crippen LogP contribution is 2.48. The minimum Gasteiger partial charge on any atom is -0.325 e. The molecule has 118 valence electrons. The molecule has 1 aliphatic carbocycles. The van der Waals surface area contributed by atoms with E-state index in [1.54, 1.807) is 0 Å². The normalized spacial score (nSPS) is 32.0. The van der Waals surface area contributed by atoms with E-state index in [-0.39, 0.29) is 11.3 Å². The van der Waals surface area contributed by atoms with Gasteiger partial charge in [0.2, 0.25) is 5.91 Å². The molecule has 3 heteroatoms. The Hall–Kier alpha value is -1.35. The summed E-state index contributed by atoms with van der Waals surface area (Å²) in [6, 6.07) is 7.16. The SMILES string of the molecule is Cc1ccc2c(c1)NC(=O)C21CCC(N2CCCCC2)CC1. The van der Waals surface area contributed by atoms with E-state index in [1.165, 1.54) is 56.3 Å². The maximum absolute atomic E-state index is 12.7. The quantitative estimate of drug-likeness (QED) is 0.859. The number of rotatable bonds is 1. The number of anilines is 1. The summed E-state index contributed by atoms with van der Waals surface area (Å²) in [5.41, 5.74) is 3.29. The Kier molecular flexibility index (Phi) is 3.48. The van der Waals surface area contributed by atoms with Gasteiger partial charge in [-0.1, -0.05) is 18.6 Å². The number of hydrogen-bond donors (Lipinski definition) is 1. The average Bonchev–Trinajstić information content (AvgIpc) is 2.80. The van der Waals surface area contributed by atoms with E-state index >= 15 is 0 Å². The van der Waals surface area contributed by atoms with Crippen LogP contribution in [0.25, 0.3) is 0 Å². The largest absolute Gasteiger partial charge is 0.325 e. The van der Waals surface area contributed by atoms with Crippen LogP contribution < -0.4 is 5.32 Å². The topological polar surface area (TPSA) is 32.3 Å². The Morgan fingerprint density at radius 1 is 1.14 bits per heavy atom. The molecule has 1 aromatic carbocycles. The van der Waals surface area contributed by atoms with E-state index < -0.39 is 0 Å². The third-order valence-corrected chi connectivity index (χ3v) is 6.09. The van der Waals surface area contributed by atoms with Crippen molar-refractivity contribution < 1.29 is 4.79 Å². The summed E-state index contributed by atoms with van der Waals surface area (Å²) in [7, 11) is 0. The van der Waals surface area contributed by atoms with Crippen molar-refractivity contribution in [1.82, 2.24) is 4.90 Å². The van der Waals surface area contributed by atoms with Crippen LogP contribution in [0.3, 0.4) is 0 Å². The minimum absolute atomic E-state index is 0.241. The number of nitrogens with zero attached hydrogens (tertiary/aromatic N) is 1. The van der Waals surface area contributed by atoms with Crippen LogP contribution >= 0.6 is 0 Å². The van der Waals surface area contributed by atoms with Crippen LogP contribution in [0.15, 0.2) is 18.2 Å². The summed E-state index contributed by atoms with van der Waals surface area (Å²) in [5, 5.41) is 3.14. The van der Waals surface area contributed by atoms with Gasteiger partial charge in [-0.25, -0.2) is 0 Å². The summed E-state index contributed by atoms with van der Waals surface area (Å²) in [4.78, 5) is 15.4. The molecule has 1 aromatic rings. The average molecular weight is 298 g/mol. The van der Waals surface area contributed by atoms with Crippen molar-refractivity contribution in [2.24, 2.45) is 0 Å². The van der Waals surface area contributed by atoms with Gasteiger partial charge in [0.1, 0.15) is 0 Å². The molecule has 0 bridgehead atoms. The molecule has 0 radical (unpaired) electrons. The Bertz CT molecular complexity index is 581. The van der Waals surface area contributed by atoms with E-state index in [1.807, 2.05) is 0 Å². The summed E-state index contributed by atoms with van der Waals surface area (Å²) in [6.07, 6.45) is 8.45. The number of piperidine rings is 1. The van der Waals surface area contributed by atoms with Gasteiger partial charge in [-0.05, 0) is 75.7 Å². The molecule has 2 fully saturated rings. The molecule has 1 saturated carbocycles. The van der Waals surface area contributed by atoms with Crippen molar-refractivity contribution in [3.63, 3.8) is 0 Å². The molecular weight excluding hydrogens is 272 g/mol. The van der Waals surface area contributed by atoms with Crippen LogP contribution in [0.4, 0.5) is 5.69 Å². The predicted molar refractivity (Wildman–Crippen MR) is 89.2 cm³/mol. The molecular formula is C19H26N2O. The number of fused-ring (bicyclic) bond motifs is 2. The number of benzene rings is 1. The van der Waals surface area contributed by atoms with Gasteiger partial charge in [0.25, 0.3) is 0 Å². The van der Waals surface area contributed by atoms with Gasteiger partial charge in [0.15, 0.2) is 0 Å². The maximum Gasteiger partial charge on any atom is 0.235 e. The lowest BCUT2D eigenvalue weighted by Gasteiger charge is -2.42. The zero-order chi connectivity index (χ0) is 15.2. The highest BCUT2D eigenvalue weighted by atomic mass is 16.2. The first-order valence-corrected chi connectivity index (χ1v) is 8.86. The first-order chi connectivity index (χ1) is 10.7. The predicted octanol–water partition coefficient (Wildman–Crippen LogP) is 3.61. The van der Waals surface area contributed by atoms with Gasteiger partial charge >= 0.3 is 0 Å². The number of aryl methyl sites for hydroxylation is 1. The van der Waals surface area contributed by atoms with E-state index in [2.05, 4.69) is 35.3 Å². The van der Waals surface area contributed by atoms with E-state index in [4.69, 9.17) is 0 Å². The molecule has 2 aliphatic heterocycles. The monoisotopic (exact) mass is 298 g/mol. The number of hydrogen-bond acceptors (Lipinski definition) is 2. The Morgan fingerprint density at radius 3 is 2.59 bits per heavy atom. The third kappa shape index (κ3) is 2.18. The molecule has 3 nitrogen and oxygen atoms in total. The van der Waals surface area contributed by atoms with Crippen molar-refractivity contribution in [2.45, 2.75) is 63.3 Å². The molecule has 1 saturated heterocycles. The molecule has 2 heterocycles. The van der Waals surface area contributed by atoms with Crippen LogP contribution in [-0.4, -0.2) is 29.9 Å². The molecule has 0 atom stereocenters. The van der Waals surface area contributed by atoms with E-state index in [0.717, 1.165) is 18.5 Å². The molecule has 4 rings (SSSR count). The van der Waals surface area contributed by atoms with Gasteiger partial charge in [-0.15, -0.1) is 0 Å². The number of carbonyl (C=O) groups excluding carboxylic acids is 1. The van der Waals surface area contributed by atoms with Crippen LogP contribution in [0.5, 0.6) is 0 Å². The number of nitrogens with one attached hydrogen (secondary N) is 1. The fraction of sp³-hybridized carbons (Fsp3) is 0.632. The zero-order valence-electron chi connectivity index (χ0n) is 13.5. The van der Waals surface area contributed by atoms with Gasteiger partial charge in [0.05, 0.1) is 5.41 Å². The molecule has 1 N–H and O–H groups in total. The lowest BCUT2D eigenvalue weighted by Crippen LogP contribution is -2.46. The van der Waals surface area contributed by atoms with Crippen LogP contribution in [-0.2, 0) is 10.2 Å². The Morgan fingerprint density at radius 2 is 1.86 bits per heavy atom. The van der Waals surface area contributed by atoms with Crippen molar-refractivity contribution in [2.75, 3.05) is 18.4 Å². The standard InChI is InChI=1S/C19H26N2O/c1-14-5-6-16-17(13-14)20-18(22)19(16)9-7-15(8-10-19)21-11-3-2-4-12-21/h5-6,13,15H,2-4,7-12H2,1H3,(H,20,22). The van der Waals surface area contributed by atoms with E-state index in [0.29, 0.717) is 6.04 Å². The highest BCUT2D eigenvalue weighted by molar-refractivity contribution is 6.06. The maximum atomic E-state index is 12.7. The van der Waals surface area contributed by atoms with Gasteiger partial charge < -0.3 is 10.2 Å². The van der Waals surface area contributed by atoms with E-state index in [9.17, 15) is 4.79 Å². The second-order valence-corrected chi connectivity index (χ2v) is 7.41. The summed E-state index contributed by atoms with van der Waals surface area (Å²) >= 11 is 0. The first kappa shape index (κ1) is 14.3. The smallest absolute Gasteiger partial charge is 0.235 e. The lowest BCUT2D eigenvalue weighted by atomic mass is 9.68. The number of likely N-dealkylation sites (tertiary alicyclic amines) is 1. The lowest BCUT2D eigenvalue weighted by molar-refractivity contribution is -0.122. The Balaban J connectivity index is 1.54. The van der Waals surface area contributed by atoms with Crippen LogP contribution in [0, 0.1) is 6.92 Å². The van der Waals surface area contributed by atoms with Crippen LogP contribution in [0.2, 0.25) is 0 Å². The van der Waals surface area contributed by atoms with Crippen LogP contribution in [0.1, 0.15) is 56.1 Å². The van der Waals surface area contributed by atoms with Crippen molar-refractivity contribution >= 4 is 11.6 Å². The second kappa shape index (κ2) is 5.38. The third-order valence-electron chi connectivity index (χ3n) is 6.09. The van der Waals surface area contributed by atoms with Crippen molar-refractivity contribution in [1.29, 1.82) is 0 Å². The van der Waals surface area contributed by atoms with Gasteiger partial charge in [-0.2, -0.15) is 0 Å². The molecule has 0 aromatic heterocycles. The summed E-state index contributed by atoms with van der Waals surface area (Å²) < 4.78 is 0. The molecule has 0 unspecified atom stereocenters. The molecule has 3 aliphatic rings. The van der Waals surface area contributed by atoms with Gasteiger partial charge in [0, 0.05) is 11.7 Å². The van der Waals surface area contributed by atoms with Gasteiger partial charge in [-0.3, -0.25) is 4.79 Å². The summed E-state index contributed by atoms with van der Waals surface area (Å²) in [6.45, 7) is 4.62. The Labute approximate surface area is 133 Å².